The van der Waals surface area contributed by atoms with E-state index in [4.69, 9.17) is 0 Å². The van der Waals surface area contributed by atoms with Gasteiger partial charge in [-0.25, -0.2) is 4.31 Å². The van der Waals surface area contributed by atoms with Crippen LogP contribution in [-0.4, -0.2) is 45.1 Å². The lowest BCUT2D eigenvalue weighted by Crippen LogP contribution is -2.84. The average molecular weight is 476 g/mol. The van der Waals surface area contributed by atoms with Crippen molar-refractivity contribution in [1.82, 2.24) is 9.62 Å². The number of fused-ring (bicyclic) bond motifs is 3. The van der Waals surface area contributed by atoms with E-state index < -0.39 is 0 Å². The van der Waals surface area contributed by atoms with Crippen LogP contribution in [0.15, 0.2) is 0 Å². The Morgan fingerprint density at radius 3 is 2.59 bits per heavy atom. The first-order chi connectivity index (χ1) is 16.2. The molecule has 183 valence electrons. The first kappa shape index (κ1) is 19.4. The normalized spacial score (nSPS) is 84.9. The monoisotopic (exact) mass is 475 g/mol. The second-order valence-corrected chi connectivity index (χ2v) is 20.3. The van der Waals surface area contributed by atoms with E-state index in [0.29, 0.717) is 16.2 Å². The minimum absolute atomic E-state index is 0.262. The summed E-state index contributed by atoms with van der Waals surface area (Å²) < 4.78 is 3.87. The molecule has 11 aliphatic rings. The Bertz CT molecular complexity index is 1150. The van der Waals surface area contributed by atoms with Gasteiger partial charge >= 0.3 is 0 Å². The second-order valence-electron chi connectivity index (χ2n) is 16.7. The van der Waals surface area contributed by atoms with Crippen molar-refractivity contribution in [3.05, 3.63) is 0 Å². The number of hydrogen-bond donors (Lipinski definition) is 1. The van der Waals surface area contributed by atoms with Crippen molar-refractivity contribution >= 4 is 17.5 Å². The fourth-order valence-electron chi connectivity index (χ4n) is 16.9. The molecule has 5 saturated carbocycles. The van der Waals surface area contributed by atoms with Crippen molar-refractivity contribution in [2.45, 2.75) is 107 Å². The van der Waals surface area contributed by atoms with Crippen molar-refractivity contribution in [1.29, 1.82) is 0 Å². The van der Waals surface area contributed by atoms with Crippen molar-refractivity contribution in [2.75, 3.05) is 6.54 Å². The van der Waals surface area contributed by atoms with E-state index in [0.717, 1.165) is 80.3 Å². The minimum atomic E-state index is -0.262. The third-order valence-electron chi connectivity index (χ3n) is 17.6. The molecular formula is C30H44BN2S. The summed E-state index contributed by atoms with van der Waals surface area (Å²) in [4.78, 5) is 0.861. The average Bonchev–Trinajstić information content (AvgIpc) is 3.71. The van der Waals surface area contributed by atoms with Crippen molar-refractivity contribution in [3.8, 4) is 0 Å². The van der Waals surface area contributed by atoms with Gasteiger partial charge in [0.2, 0.25) is 0 Å². The highest BCUT2D eigenvalue weighted by atomic mass is 32.3. The van der Waals surface area contributed by atoms with Crippen LogP contribution >= 0.6 is 10.2 Å². The summed E-state index contributed by atoms with van der Waals surface area (Å²) in [6, 6.07) is 1.92. The quantitative estimate of drug-likeness (QED) is 0.426. The van der Waals surface area contributed by atoms with E-state index in [-0.39, 0.29) is 10.2 Å². The molecule has 2 nitrogen and oxygen atoms in total. The standard InChI is InChI=1S/C30H44BN2S/c1-8-16-19(29-14(3)23-30-24(29)34(30,33(23)30)27(16,29)7)17-9-13(2)20-22-26(6,25(17,4)5)28(22)10-15-12-32-21(15)18(28)11-31-20/h13-24,32H,8-12H2,1-7H3. The van der Waals surface area contributed by atoms with Crippen molar-refractivity contribution in [2.24, 2.45) is 69.0 Å². The van der Waals surface area contributed by atoms with Gasteiger partial charge in [-0.1, -0.05) is 60.1 Å². The van der Waals surface area contributed by atoms with Gasteiger partial charge in [0.25, 0.3) is 0 Å². The molecule has 4 spiro atoms. The van der Waals surface area contributed by atoms with Crippen LogP contribution in [0.5, 0.6) is 0 Å². The summed E-state index contributed by atoms with van der Waals surface area (Å²) in [5.74, 6) is 8.77. The Morgan fingerprint density at radius 2 is 1.91 bits per heavy atom. The predicted octanol–water partition coefficient (Wildman–Crippen LogP) is 5.38. The lowest BCUT2D eigenvalue weighted by atomic mass is 9.35. The van der Waals surface area contributed by atoms with E-state index in [1.807, 2.05) is 0 Å². The molecule has 6 saturated heterocycles. The number of nitrogens with zero attached hydrogens (tertiary/aromatic N) is 1. The van der Waals surface area contributed by atoms with E-state index in [9.17, 15) is 0 Å². The zero-order valence-corrected chi connectivity index (χ0v) is 23.2. The maximum atomic E-state index is 3.94. The molecule has 11 rings (SSSR count). The molecule has 1 radical (unpaired) electrons. The summed E-state index contributed by atoms with van der Waals surface area (Å²) in [5.41, 5.74) is 2.48. The SMILES string of the molecule is CCC1C(C2CC(C)C3[B]CC4C5NCC5CC45C3C5(C)C2(C)C)C23C(C)C4N5C46C2S56C13C. The number of hydrogen-bond acceptors (Lipinski definition) is 2. The number of rotatable bonds is 2. The molecule has 5 aliphatic carbocycles. The molecule has 0 bridgehead atoms. The van der Waals surface area contributed by atoms with Crippen LogP contribution in [-0.2, 0) is 0 Å². The Labute approximate surface area is 209 Å². The van der Waals surface area contributed by atoms with Gasteiger partial charge in [-0.3, -0.25) is 0 Å². The minimum Gasteiger partial charge on any atom is -0.313 e. The highest BCUT2D eigenvalue weighted by Gasteiger charge is 3.29. The first-order valence-electron chi connectivity index (χ1n) is 15.3. The van der Waals surface area contributed by atoms with Gasteiger partial charge in [-0.2, -0.15) is 0 Å². The number of nitrogens with one attached hydrogen (secondary N) is 1. The van der Waals surface area contributed by atoms with Gasteiger partial charge in [0.05, 0.1) is 6.04 Å². The van der Waals surface area contributed by atoms with Crippen LogP contribution in [0.4, 0.5) is 0 Å². The molecule has 1 N–H and O–H groups in total. The third kappa shape index (κ3) is 1.12. The third-order valence-corrected chi connectivity index (χ3v) is 23.4. The zero-order chi connectivity index (χ0) is 23.0. The van der Waals surface area contributed by atoms with Gasteiger partial charge in [-0.15, -0.1) is 10.2 Å². The number of piperidine rings is 1. The van der Waals surface area contributed by atoms with Crippen LogP contribution in [0, 0.1) is 69.0 Å². The maximum absolute atomic E-state index is 3.94. The largest absolute Gasteiger partial charge is 0.313 e. The molecule has 19 unspecified atom stereocenters. The topological polar surface area (TPSA) is 15.0 Å². The molecule has 11 fully saturated rings. The van der Waals surface area contributed by atoms with Crippen LogP contribution < -0.4 is 5.32 Å². The maximum Gasteiger partial charge on any atom is 0.114 e. The smallest absolute Gasteiger partial charge is 0.114 e. The summed E-state index contributed by atoms with van der Waals surface area (Å²) >= 11 is 0. The molecule has 6 heterocycles. The van der Waals surface area contributed by atoms with Gasteiger partial charge in [0.15, 0.2) is 0 Å². The van der Waals surface area contributed by atoms with Crippen LogP contribution in [0.1, 0.15) is 67.7 Å². The van der Waals surface area contributed by atoms with E-state index in [1.54, 1.807) is 6.42 Å². The Hall–Kier alpha value is 0.335. The fraction of sp³-hybridized carbons (Fsp3) is 1.00. The van der Waals surface area contributed by atoms with Gasteiger partial charge in [0.1, 0.15) is 12.2 Å². The second kappa shape index (κ2) is 4.47. The molecule has 6 aliphatic heterocycles. The molecule has 4 heteroatoms. The van der Waals surface area contributed by atoms with Gasteiger partial charge in [-0.05, 0) is 89.9 Å². The zero-order valence-electron chi connectivity index (χ0n) is 22.4. The molecule has 0 aromatic heterocycles. The lowest BCUT2D eigenvalue weighted by Gasteiger charge is -2.85. The van der Waals surface area contributed by atoms with E-state index in [2.05, 4.69) is 65.4 Å². The van der Waals surface area contributed by atoms with Crippen LogP contribution in [0.25, 0.3) is 0 Å². The van der Waals surface area contributed by atoms with Crippen molar-refractivity contribution < 1.29 is 0 Å². The lowest BCUT2D eigenvalue weighted by molar-refractivity contribution is -0.202. The van der Waals surface area contributed by atoms with Crippen molar-refractivity contribution in [3.63, 3.8) is 0 Å². The molecule has 0 amide bonds. The molecule has 0 aromatic carbocycles. The fourth-order valence-corrected chi connectivity index (χ4v) is 25.1. The Balaban J connectivity index is 1.08. The molecular weight excluding hydrogens is 431 g/mol. The van der Waals surface area contributed by atoms with E-state index >= 15 is 0 Å². The Morgan fingerprint density at radius 1 is 1.12 bits per heavy atom. The van der Waals surface area contributed by atoms with Gasteiger partial charge in [0, 0.05) is 21.5 Å². The predicted molar refractivity (Wildman–Crippen MR) is 140 cm³/mol. The molecule has 34 heavy (non-hydrogen) atoms. The highest BCUT2D eigenvalue weighted by molar-refractivity contribution is 8.49. The molecule has 0 aromatic rings. The summed E-state index contributed by atoms with van der Waals surface area (Å²) in [6.45, 7) is 20.7. The molecule has 19 atom stereocenters. The first-order valence-corrected chi connectivity index (χ1v) is 17.0. The van der Waals surface area contributed by atoms with E-state index in [1.165, 1.54) is 31.0 Å². The summed E-state index contributed by atoms with van der Waals surface area (Å²) in [5, 5.41) is 5.15. The summed E-state index contributed by atoms with van der Waals surface area (Å²) in [6.07, 6.45) is 5.99. The summed E-state index contributed by atoms with van der Waals surface area (Å²) in [7, 11) is 2.63. The van der Waals surface area contributed by atoms with Gasteiger partial charge < -0.3 is 5.32 Å². The van der Waals surface area contributed by atoms with Crippen LogP contribution in [0.2, 0.25) is 12.1 Å². The van der Waals surface area contributed by atoms with Crippen LogP contribution in [0.3, 0.4) is 0 Å². The Kier molecular flexibility index (Phi) is 2.55. The highest BCUT2D eigenvalue weighted by Crippen LogP contribution is 3.33.